The zero-order valence-electron chi connectivity index (χ0n) is 14.5. The van der Waals surface area contributed by atoms with E-state index in [0.717, 1.165) is 0 Å². The Labute approximate surface area is 151 Å². The number of amides is 1. The van der Waals surface area contributed by atoms with Gasteiger partial charge in [0.15, 0.2) is 0 Å². The van der Waals surface area contributed by atoms with Crippen LogP contribution in [0.2, 0.25) is 0 Å². The number of fused-ring (bicyclic) bond motifs is 1. The molecule has 140 valence electrons. The third-order valence-corrected chi connectivity index (χ3v) is 5.75. The van der Waals surface area contributed by atoms with Gasteiger partial charge in [-0.25, -0.2) is 17.4 Å². The first-order valence-corrected chi connectivity index (χ1v) is 10.3. The molecule has 0 atom stereocenters. The third kappa shape index (κ3) is 4.07. The van der Waals surface area contributed by atoms with E-state index in [0.29, 0.717) is 43.5 Å². The Morgan fingerprint density at radius 1 is 1.15 bits per heavy atom. The molecule has 1 amide bonds. The molecule has 0 N–H and O–H groups in total. The lowest BCUT2D eigenvalue weighted by atomic mass is 10.2. The molecule has 1 aromatic carbocycles. The molecular formula is C16H21N5O4S. The monoisotopic (exact) mass is 379 g/mol. The normalized spacial score (nSPS) is 16.6. The van der Waals surface area contributed by atoms with Crippen LogP contribution in [0.4, 0.5) is 0 Å². The number of hydrogen-bond donors (Lipinski definition) is 0. The van der Waals surface area contributed by atoms with Gasteiger partial charge in [0.05, 0.1) is 18.2 Å². The Morgan fingerprint density at radius 3 is 2.69 bits per heavy atom. The average Bonchev–Trinajstić information content (AvgIpc) is 2.87. The van der Waals surface area contributed by atoms with E-state index in [9.17, 15) is 18.0 Å². The van der Waals surface area contributed by atoms with Crippen molar-refractivity contribution in [2.24, 2.45) is 0 Å². The van der Waals surface area contributed by atoms with Gasteiger partial charge < -0.3 is 4.90 Å². The molecule has 10 heteroatoms. The largest absolute Gasteiger partial charge is 0.341 e. The van der Waals surface area contributed by atoms with Crippen molar-refractivity contribution in [2.75, 3.05) is 32.4 Å². The smallest absolute Gasteiger partial charge is 0.277 e. The van der Waals surface area contributed by atoms with E-state index in [4.69, 9.17) is 0 Å². The summed E-state index contributed by atoms with van der Waals surface area (Å²) in [6.07, 6.45) is 1.88. The first-order valence-electron chi connectivity index (χ1n) is 8.42. The predicted octanol–water partition coefficient (Wildman–Crippen LogP) is -0.324. The average molecular weight is 379 g/mol. The van der Waals surface area contributed by atoms with Crippen molar-refractivity contribution in [2.45, 2.75) is 19.4 Å². The molecule has 1 aliphatic heterocycles. The summed E-state index contributed by atoms with van der Waals surface area (Å²) in [7, 11) is -3.25. The fraction of sp³-hybridized carbons (Fsp3) is 0.500. The van der Waals surface area contributed by atoms with Gasteiger partial charge in [-0.05, 0) is 18.6 Å². The number of benzene rings is 1. The van der Waals surface area contributed by atoms with Gasteiger partial charge in [0.25, 0.3) is 5.56 Å². The van der Waals surface area contributed by atoms with Gasteiger partial charge in [0, 0.05) is 32.6 Å². The quantitative estimate of drug-likeness (QED) is 0.721. The molecule has 1 aliphatic rings. The van der Waals surface area contributed by atoms with Crippen LogP contribution in [-0.4, -0.2) is 71.0 Å². The van der Waals surface area contributed by atoms with E-state index in [-0.39, 0.29) is 24.4 Å². The molecule has 2 heterocycles. The van der Waals surface area contributed by atoms with Crippen molar-refractivity contribution in [1.29, 1.82) is 0 Å². The standard InChI is InChI=1S/C16H21N5O4S/c1-26(24,25)20-9-4-8-19(11-12-20)15(22)7-10-21-16(23)13-5-2-3-6-14(13)17-18-21/h2-3,5-6H,4,7-12H2,1H3. The van der Waals surface area contributed by atoms with Gasteiger partial charge >= 0.3 is 0 Å². The molecule has 0 bridgehead atoms. The van der Waals surface area contributed by atoms with Crippen molar-refractivity contribution in [1.82, 2.24) is 24.2 Å². The molecule has 2 aromatic rings. The number of carbonyl (C=O) groups excluding carboxylic acids is 1. The first kappa shape index (κ1) is 18.5. The minimum Gasteiger partial charge on any atom is -0.341 e. The van der Waals surface area contributed by atoms with Crippen molar-refractivity contribution >= 4 is 26.8 Å². The molecule has 0 unspecified atom stereocenters. The molecule has 9 nitrogen and oxygen atoms in total. The Hall–Kier alpha value is -2.33. The lowest BCUT2D eigenvalue weighted by molar-refractivity contribution is -0.131. The highest BCUT2D eigenvalue weighted by Gasteiger charge is 2.23. The molecule has 0 saturated carbocycles. The van der Waals surface area contributed by atoms with Gasteiger partial charge in [-0.15, -0.1) is 5.10 Å². The fourth-order valence-electron chi connectivity index (χ4n) is 3.00. The Balaban J connectivity index is 1.64. The second-order valence-corrected chi connectivity index (χ2v) is 8.26. The van der Waals surface area contributed by atoms with Gasteiger partial charge in [-0.3, -0.25) is 9.59 Å². The van der Waals surface area contributed by atoms with Crippen molar-refractivity contribution in [3.8, 4) is 0 Å². The number of aromatic nitrogens is 3. The molecule has 0 spiro atoms. The van der Waals surface area contributed by atoms with Crippen LogP contribution in [0.5, 0.6) is 0 Å². The van der Waals surface area contributed by atoms with Crippen LogP contribution >= 0.6 is 0 Å². The molecular weight excluding hydrogens is 358 g/mol. The maximum absolute atomic E-state index is 12.4. The Bertz CT molecular complexity index is 972. The number of hydrogen-bond acceptors (Lipinski definition) is 6. The highest BCUT2D eigenvalue weighted by molar-refractivity contribution is 7.88. The number of sulfonamides is 1. The zero-order valence-corrected chi connectivity index (χ0v) is 15.4. The molecule has 26 heavy (non-hydrogen) atoms. The minimum absolute atomic E-state index is 0.117. The third-order valence-electron chi connectivity index (χ3n) is 4.44. The van der Waals surface area contributed by atoms with Crippen LogP contribution in [0.25, 0.3) is 10.9 Å². The van der Waals surface area contributed by atoms with Gasteiger partial charge in [-0.2, -0.15) is 0 Å². The van der Waals surface area contributed by atoms with Crippen LogP contribution in [0.3, 0.4) is 0 Å². The van der Waals surface area contributed by atoms with E-state index in [1.165, 1.54) is 15.2 Å². The van der Waals surface area contributed by atoms with E-state index in [1.54, 1.807) is 29.2 Å². The van der Waals surface area contributed by atoms with Gasteiger partial charge in [0.1, 0.15) is 5.52 Å². The zero-order chi connectivity index (χ0) is 18.7. The van der Waals surface area contributed by atoms with Crippen LogP contribution in [0, 0.1) is 0 Å². The second kappa shape index (κ2) is 7.50. The summed E-state index contributed by atoms with van der Waals surface area (Å²) in [6, 6.07) is 6.93. The van der Waals surface area contributed by atoms with Crippen molar-refractivity contribution in [3.63, 3.8) is 0 Å². The Kier molecular flexibility index (Phi) is 5.33. The highest BCUT2D eigenvalue weighted by atomic mass is 32.2. The molecule has 1 fully saturated rings. The maximum atomic E-state index is 12.4. The minimum atomic E-state index is -3.25. The Morgan fingerprint density at radius 2 is 1.92 bits per heavy atom. The SMILES string of the molecule is CS(=O)(=O)N1CCCN(C(=O)CCn2nnc3ccccc3c2=O)CC1. The number of nitrogens with zero attached hydrogens (tertiary/aromatic N) is 5. The lowest BCUT2D eigenvalue weighted by Gasteiger charge is -2.21. The fourth-order valence-corrected chi connectivity index (χ4v) is 3.88. The molecule has 0 aliphatic carbocycles. The second-order valence-electron chi connectivity index (χ2n) is 6.28. The van der Waals surface area contributed by atoms with E-state index in [2.05, 4.69) is 10.3 Å². The van der Waals surface area contributed by atoms with Crippen LogP contribution in [0.1, 0.15) is 12.8 Å². The van der Waals surface area contributed by atoms with Gasteiger partial charge in [0.2, 0.25) is 15.9 Å². The van der Waals surface area contributed by atoms with E-state index >= 15 is 0 Å². The lowest BCUT2D eigenvalue weighted by Crippen LogP contribution is -2.37. The van der Waals surface area contributed by atoms with Crippen LogP contribution in [0.15, 0.2) is 29.1 Å². The summed E-state index contributed by atoms with van der Waals surface area (Å²) < 4.78 is 25.9. The molecule has 0 radical (unpaired) electrons. The van der Waals surface area contributed by atoms with Crippen molar-refractivity contribution < 1.29 is 13.2 Å². The highest BCUT2D eigenvalue weighted by Crippen LogP contribution is 2.09. The van der Waals surface area contributed by atoms with Gasteiger partial charge in [-0.1, -0.05) is 17.3 Å². The topological polar surface area (TPSA) is 105 Å². The summed E-state index contributed by atoms with van der Waals surface area (Å²) in [4.78, 5) is 26.5. The number of rotatable bonds is 4. The summed E-state index contributed by atoms with van der Waals surface area (Å²) >= 11 is 0. The molecule has 1 aromatic heterocycles. The maximum Gasteiger partial charge on any atom is 0.277 e. The van der Waals surface area contributed by atoms with Crippen LogP contribution < -0.4 is 5.56 Å². The summed E-state index contributed by atoms with van der Waals surface area (Å²) in [5, 5.41) is 8.35. The molecule has 3 rings (SSSR count). The van der Waals surface area contributed by atoms with E-state index in [1.807, 2.05) is 0 Å². The number of carbonyl (C=O) groups is 1. The van der Waals surface area contributed by atoms with Crippen LogP contribution in [-0.2, 0) is 21.4 Å². The first-order chi connectivity index (χ1) is 12.4. The summed E-state index contributed by atoms with van der Waals surface area (Å²) in [5.41, 5.74) is 0.246. The van der Waals surface area contributed by atoms with Crippen molar-refractivity contribution in [3.05, 3.63) is 34.6 Å². The summed E-state index contributed by atoms with van der Waals surface area (Å²) in [6.45, 7) is 1.70. The number of aryl methyl sites for hydroxylation is 1. The predicted molar refractivity (Wildman–Crippen MR) is 96.0 cm³/mol. The van der Waals surface area contributed by atoms with E-state index < -0.39 is 10.0 Å². The molecule has 1 saturated heterocycles. The summed E-state index contributed by atoms with van der Waals surface area (Å²) in [5.74, 6) is -0.123.